The fourth-order valence-electron chi connectivity index (χ4n) is 0.928. The highest BCUT2D eigenvalue weighted by atomic mass is 32.2. The van der Waals surface area contributed by atoms with E-state index in [2.05, 4.69) is 10.5 Å². The molecule has 6 nitrogen and oxygen atoms in total. The number of nitrogens with one attached hydrogen (secondary N) is 1. The highest BCUT2D eigenvalue weighted by molar-refractivity contribution is 8.14. The fourth-order valence-corrected chi connectivity index (χ4v) is 1.31. The van der Waals surface area contributed by atoms with Crippen LogP contribution in [0.5, 0.6) is 0 Å². The monoisotopic (exact) mass is 253 g/mol. The third-order valence-corrected chi connectivity index (χ3v) is 2.43. The number of carbonyl (C=O) groups is 2. The number of benzene rings is 1. The molecule has 0 unspecified atom stereocenters. The molecule has 0 saturated carbocycles. The van der Waals surface area contributed by atoms with E-state index in [0.717, 1.165) is 11.8 Å². The summed E-state index contributed by atoms with van der Waals surface area (Å²) in [6.45, 7) is 0. The van der Waals surface area contributed by atoms with Crippen LogP contribution in [0.2, 0.25) is 0 Å². The Bertz CT molecular complexity index is 434. The zero-order valence-corrected chi connectivity index (χ0v) is 9.61. The summed E-state index contributed by atoms with van der Waals surface area (Å²) in [6.07, 6.45) is 0. The summed E-state index contributed by atoms with van der Waals surface area (Å²) in [5.74, 6) is -1.59. The van der Waals surface area contributed by atoms with E-state index in [9.17, 15) is 9.59 Å². The van der Waals surface area contributed by atoms with Crippen molar-refractivity contribution in [1.82, 2.24) is 5.43 Å². The molecule has 0 fully saturated rings. The zero-order valence-electron chi connectivity index (χ0n) is 8.79. The lowest BCUT2D eigenvalue weighted by atomic mass is 10.2. The Kier molecular flexibility index (Phi) is 5.02. The molecule has 0 spiro atoms. The molecule has 0 saturated heterocycles. The van der Waals surface area contributed by atoms with Gasteiger partial charge < -0.3 is 10.8 Å². The number of thioether (sulfide) groups is 1. The summed E-state index contributed by atoms with van der Waals surface area (Å²) in [6, 6.07) is 8.50. The van der Waals surface area contributed by atoms with Crippen molar-refractivity contribution in [2.75, 3.05) is 5.75 Å². The van der Waals surface area contributed by atoms with E-state index in [1.165, 1.54) is 0 Å². The van der Waals surface area contributed by atoms with E-state index in [-0.39, 0.29) is 10.9 Å². The van der Waals surface area contributed by atoms with E-state index in [4.69, 9.17) is 10.8 Å². The van der Waals surface area contributed by atoms with Gasteiger partial charge in [-0.25, -0.2) is 5.43 Å². The van der Waals surface area contributed by atoms with Gasteiger partial charge in [-0.1, -0.05) is 30.0 Å². The Hall–Kier alpha value is -2.02. The Morgan fingerprint density at radius 1 is 1.35 bits per heavy atom. The number of carboxylic acids is 1. The number of carbonyl (C=O) groups excluding carboxylic acids is 1. The first kappa shape index (κ1) is 13.0. The number of amides is 1. The Balaban J connectivity index is 2.47. The topological polar surface area (TPSA) is 105 Å². The predicted octanol–water partition coefficient (Wildman–Crippen LogP) is 0.464. The zero-order chi connectivity index (χ0) is 12.7. The quantitative estimate of drug-likeness (QED) is 0.411. The van der Waals surface area contributed by atoms with Crippen LogP contribution in [-0.2, 0) is 4.79 Å². The van der Waals surface area contributed by atoms with Crippen molar-refractivity contribution in [2.45, 2.75) is 0 Å². The number of rotatable bonds is 4. The second kappa shape index (κ2) is 6.54. The average molecular weight is 253 g/mol. The van der Waals surface area contributed by atoms with Crippen LogP contribution in [0.1, 0.15) is 10.4 Å². The van der Waals surface area contributed by atoms with Gasteiger partial charge in [-0.2, -0.15) is 0 Å². The van der Waals surface area contributed by atoms with E-state index in [0.29, 0.717) is 5.56 Å². The number of hydrazone groups is 1. The normalized spacial score (nSPS) is 10.9. The van der Waals surface area contributed by atoms with Gasteiger partial charge in [0.1, 0.15) is 0 Å². The first-order valence-electron chi connectivity index (χ1n) is 4.62. The van der Waals surface area contributed by atoms with Gasteiger partial charge in [0.15, 0.2) is 5.17 Å². The maximum absolute atomic E-state index is 11.5. The lowest BCUT2D eigenvalue weighted by Crippen LogP contribution is -2.22. The van der Waals surface area contributed by atoms with Crippen molar-refractivity contribution >= 4 is 28.8 Å². The van der Waals surface area contributed by atoms with Crippen molar-refractivity contribution in [3.8, 4) is 0 Å². The number of amidine groups is 1. The van der Waals surface area contributed by atoms with Gasteiger partial charge in [-0.15, -0.1) is 5.10 Å². The molecule has 0 heterocycles. The van der Waals surface area contributed by atoms with Crippen LogP contribution < -0.4 is 11.2 Å². The molecule has 17 heavy (non-hydrogen) atoms. The smallest absolute Gasteiger partial charge is 0.313 e. The maximum Gasteiger partial charge on any atom is 0.313 e. The molecule has 4 N–H and O–H groups in total. The molecule has 7 heteroatoms. The first-order valence-corrected chi connectivity index (χ1v) is 5.61. The van der Waals surface area contributed by atoms with Gasteiger partial charge in [0, 0.05) is 5.56 Å². The summed E-state index contributed by atoms with van der Waals surface area (Å²) in [7, 11) is 0. The molecule has 0 bridgehead atoms. The van der Waals surface area contributed by atoms with Crippen LogP contribution in [0.15, 0.2) is 35.4 Å². The van der Waals surface area contributed by atoms with Crippen molar-refractivity contribution in [2.24, 2.45) is 10.8 Å². The highest BCUT2D eigenvalue weighted by Crippen LogP contribution is 2.00. The van der Waals surface area contributed by atoms with Gasteiger partial charge in [-0.3, -0.25) is 9.59 Å². The maximum atomic E-state index is 11.5. The summed E-state index contributed by atoms with van der Waals surface area (Å²) >= 11 is 0.835. The first-order chi connectivity index (χ1) is 8.09. The summed E-state index contributed by atoms with van der Waals surface area (Å²) < 4.78 is 0. The predicted molar refractivity (Wildman–Crippen MR) is 65.6 cm³/mol. The summed E-state index contributed by atoms with van der Waals surface area (Å²) in [4.78, 5) is 21.7. The molecule has 0 atom stereocenters. The molecule has 0 radical (unpaired) electrons. The number of aliphatic carboxylic acids is 1. The second-order valence-corrected chi connectivity index (χ2v) is 3.94. The largest absolute Gasteiger partial charge is 0.481 e. The molecule has 0 aromatic heterocycles. The van der Waals surface area contributed by atoms with Gasteiger partial charge in [-0.05, 0) is 12.1 Å². The van der Waals surface area contributed by atoms with Crippen LogP contribution >= 0.6 is 11.8 Å². The van der Waals surface area contributed by atoms with Gasteiger partial charge in [0.05, 0.1) is 5.75 Å². The highest BCUT2D eigenvalue weighted by Gasteiger charge is 2.04. The van der Waals surface area contributed by atoms with Crippen LogP contribution in [0.4, 0.5) is 0 Å². The fraction of sp³-hybridized carbons (Fsp3) is 0.100. The molecule has 1 aromatic carbocycles. The van der Waals surface area contributed by atoms with Crippen LogP contribution in [0.25, 0.3) is 0 Å². The number of carboxylic acid groups (broad SMARTS) is 1. The Morgan fingerprint density at radius 2 is 2.00 bits per heavy atom. The minimum Gasteiger partial charge on any atom is -0.481 e. The molecule has 90 valence electrons. The molecule has 1 aromatic rings. The summed E-state index contributed by atoms with van der Waals surface area (Å²) in [5.41, 5.74) is 8.07. The van der Waals surface area contributed by atoms with Gasteiger partial charge in [0.25, 0.3) is 5.91 Å². The number of nitrogens with zero attached hydrogens (tertiary/aromatic N) is 1. The van der Waals surface area contributed by atoms with Crippen molar-refractivity contribution in [3.63, 3.8) is 0 Å². The van der Waals surface area contributed by atoms with E-state index in [1.807, 2.05) is 0 Å². The van der Waals surface area contributed by atoms with Crippen LogP contribution in [0.3, 0.4) is 0 Å². The van der Waals surface area contributed by atoms with Crippen LogP contribution in [-0.4, -0.2) is 27.9 Å². The standard InChI is InChI=1S/C10H11N3O3S/c11-10(17-6-8(14)15)13-12-9(16)7-4-2-1-3-5-7/h1-5H,6H2,(H2,11,13)(H,12,16)(H,14,15). The number of nitrogens with two attached hydrogens (primary N) is 1. The lowest BCUT2D eigenvalue weighted by Gasteiger charge is -2.00. The third-order valence-electron chi connectivity index (χ3n) is 1.65. The van der Waals surface area contributed by atoms with E-state index >= 15 is 0 Å². The summed E-state index contributed by atoms with van der Waals surface area (Å²) in [5, 5.41) is 12.0. The van der Waals surface area contributed by atoms with Gasteiger partial charge in [0.2, 0.25) is 0 Å². The molecule has 0 aliphatic heterocycles. The number of hydrogen-bond acceptors (Lipinski definition) is 4. The van der Waals surface area contributed by atoms with Crippen LogP contribution in [0, 0.1) is 0 Å². The molecular formula is C10H11N3O3S. The van der Waals surface area contributed by atoms with Crippen molar-refractivity contribution in [1.29, 1.82) is 0 Å². The second-order valence-electron chi connectivity index (χ2n) is 2.94. The minimum absolute atomic E-state index is 0.00307. The van der Waals surface area contributed by atoms with Crippen molar-refractivity contribution < 1.29 is 14.7 Å². The SMILES string of the molecule is N/C(=N\NC(=O)c1ccccc1)SCC(=O)O. The molecular weight excluding hydrogens is 242 g/mol. The Morgan fingerprint density at radius 3 is 2.59 bits per heavy atom. The Labute approximate surface area is 102 Å². The number of hydrogen-bond donors (Lipinski definition) is 3. The van der Waals surface area contributed by atoms with Crippen molar-refractivity contribution in [3.05, 3.63) is 35.9 Å². The lowest BCUT2D eigenvalue weighted by molar-refractivity contribution is -0.133. The van der Waals surface area contributed by atoms with E-state index in [1.54, 1.807) is 30.3 Å². The van der Waals surface area contributed by atoms with Gasteiger partial charge >= 0.3 is 5.97 Å². The molecule has 1 amide bonds. The minimum atomic E-state index is -0.998. The average Bonchev–Trinajstić information content (AvgIpc) is 2.34. The molecule has 0 aliphatic rings. The van der Waals surface area contributed by atoms with E-state index < -0.39 is 11.9 Å². The molecule has 1 rings (SSSR count). The molecule has 0 aliphatic carbocycles. The third kappa shape index (κ3) is 5.03.